The first kappa shape index (κ1) is 15.0. The molecule has 0 radical (unpaired) electrons. The fourth-order valence-corrected chi connectivity index (χ4v) is 2.68. The van der Waals surface area contributed by atoms with Crippen LogP contribution in [0.3, 0.4) is 0 Å². The van der Waals surface area contributed by atoms with E-state index in [2.05, 4.69) is 0 Å². The number of carbonyl (C=O) groups is 1. The van der Waals surface area contributed by atoms with E-state index in [1.54, 1.807) is 4.90 Å². The molecule has 5 heteroatoms. The summed E-state index contributed by atoms with van der Waals surface area (Å²) in [4.78, 5) is 24.5. The number of rotatable bonds is 3. The summed E-state index contributed by atoms with van der Waals surface area (Å²) in [6, 6.07) is 15.7. The van der Waals surface area contributed by atoms with E-state index in [-0.39, 0.29) is 11.6 Å². The minimum atomic E-state index is -0.470. The highest BCUT2D eigenvalue weighted by Crippen LogP contribution is 2.26. The number of nitro groups is 1. The lowest BCUT2D eigenvalue weighted by Crippen LogP contribution is -2.29. The Morgan fingerprint density at radius 2 is 1.74 bits per heavy atom. The van der Waals surface area contributed by atoms with E-state index in [4.69, 9.17) is 0 Å². The predicted octanol–water partition coefficient (Wildman–Crippen LogP) is 3.87. The summed E-state index contributed by atoms with van der Waals surface area (Å²) in [5.41, 5.74) is 2.70. The molecule has 2 aromatic rings. The predicted molar refractivity (Wildman–Crippen MR) is 87.8 cm³/mol. The average Bonchev–Trinajstić information content (AvgIpc) is 2.62. The van der Waals surface area contributed by atoms with Gasteiger partial charge in [0, 0.05) is 30.4 Å². The number of hydrogen-bond donors (Lipinski definition) is 0. The summed E-state index contributed by atoms with van der Waals surface area (Å²) in [7, 11) is 0. The molecule has 0 fully saturated rings. The molecular weight excluding hydrogens is 292 g/mol. The van der Waals surface area contributed by atoms with E-state index in [9.17, 15) is 14.9 Å². The van der Waals surface area contributed by atoms with Crippen LogP contribution in [0, 0.1) is 10.1 Å². The molecule has 1 amide bonds. The van der Waals surface area contributed by atoms with Crippen LogP contribution in [0.4, 0.5) is 5.69 Å². The quantitative estimate of drug-likeness (QED) is 0.638. The van der Waals surface area contributed by atoms with Gasteiger partial charge in [0.1, 0.15) is 0 Å². The Kier molecular flexibility index (Phi) is 4.19. The standard InChI is InChI=1S/C18H16N2O3/c21-18(15-8-10-17(11-9-15)20(22)23)19-12-4-7-16(13-19)14-5-2-1-3-6-14/h1-3,5-6,8-11,13H,4,7,12H2. The maximum Gasteiger partial charge on any atom is 0.269 e. The van der Waals surface area contributed by atoms with Gasteiger partial charge >= 0.3 is 0 Å². The molecule has 116 valence electrons. The number of allylic oxidation sites excluding steroid dienone is 1. The van der Waals surface area contributed by atoms with Crippen molar-refractivity contribution < 1.29 is 9.72 Å². The van der Waals surface area contributed by atoms with Gasteiger partial charge in [0.15, 0.2) is 0 Å². The molecule has 3 rings (SSSR count). The summed E-state index contributed by atoms with van der Waals surface area (Å²) in [5, 5.41) is 10.7. The minimum Gasteiger partial charge on any atom is -0.315 e. The molecule has 0 spiro atoms. The van der Waals surface area contributed by atoms with Crippen LogP contribution >= 0.6 is 0 Å². The molecule has 1 aliphatic heterocycles. The van der Waals surface area contributed by atoms with Gasteiger partial charge in [0.05, 0.1) is 4.92 Å². The van der Waals surface area contributed by atoms with Gasteiger partial charge in [-0.3, -0.25) is 14.9 Å². The topological polar surface area (TPSA) is 63.4 Å². The van der Waals surface area contributed by atoms with Gasteiger partial charge in [-0.25, -0.2) is 0 Å². The van der Waals surface area contributed by atoms with Crippen LogP contribution in [0.15, 0.2) is 60.8 Å². The average molecular weight is 308 g/mol. The van der Waals surface area contributed by atoms with Crippen molar-refractivity contribution in [3.05, 3.63) is 82.0 Å². The summed E-state index contributed by atoms with van der Waals surface area (Å²) in [6.45, 7) is 0.659. The van der Waals surface area contributed by atoms with Gasteiger partial charge in [-0.1, -0.05) is 30.3 Å². The molecular formula is C18H16N2O3. The van der Waals surface area contributed by atoms with Gasteiger partial charge in [-0.05, 0) is 36.1 Å². The van der Waals surface area contributed by atoms with Gasteiger partial charge in [-0.2, -0.15) is 0 Å². The van der Waals surface area contributed by atoms with Crippen molar-refractivity contribution in [1.29, 1.82) is 0 Å². The number of hydrogen-bond acceptors (Lipinski definition) is 3. The highest BCUT2D eigenvalue weighted by atomic mass is 16.6. The zero-order valence-electron chi connectivity index (χ0n) is 12.5. The van der Waals surface area contributed by atoms with Crippen LogP contribution in [-0.2, 0) is 0 Å². The second kappa shape index (κ2) is 6.44. The van der Waals surface area contributed by atoms with Gasteiger partial charge in [0.25, 0.3) is 11.6 Å². The first-order valence-electron chi connectivity index (χ1n) is 7.47. The number of nitro benzene ring substituents is 1. The molecule has 0 saturated heterocycles. The number of nitrogens with zero attached hydrogens (tertiary/aromatic N) is 2. The monoisotopic (exact) mass is 308 g/mol. The molecule has 2 aromatic carbocycles. The highest BCUT2D eigenvalue weighted by molar-refractivity contribution is 5.96. The number of benzene rings is 2. The van der Waals surface area contributed by atoms with Crippen molar-refractivity contribution in [2.45, 2.75) is 12.8 Å². The van der Waals surface area contributed by atoms with E-state index < -0.39 is 4.92 Å². The van der Waals surface area contributed by atoms with Crippen LogP contribution in [0.5, 0.6) is 0 Å². The van der Waals surface area contributed by atoms with Crippen LogP contribution in [0.1, 0.15) is 28.8 Å². The van der Waals surface area contributed by atoms with E-state index in [0.717, 1.165) is 24.0 Å². The Morgan fingerprint density at radius 3 is 2.39 bits per heavy atom. The Balaban J connectivity index is 1.83. The zero-order chi connectivity index (χ0) is 16.2. The number of carbonyl (C=O) groups excluding carboxylic acids is 1. The molecule has 1 heterocycles. The fraction of sp³-hybridized carbons (Fsp3) is 0.167. The summed E-state index contributed by atoms with van der Waals surface area (Å²) >= 11 is 0. The van der Waals surface area contributed by atoms with Crippen molar-refractivity contribution in [3.8, 4) is 0 Å². The lowest BCUT2D eigenvalue weighted by atomic mass is 9.99. The molecule has 0 saturated carbocycles. The van der Waals surface area contributed by atoms with Gasteiger partial charge in [0.2, 0.25) is 0 Å². The van der Waals surface area contributed by atoms with Crippen molar-refractivity contribution in [2.24, 2.45) is 0 Å². The van der Waals surface area contributed by atoms with Crippen molar-refractivity contribution in [3.63, 3.8) is 0 Å². The third-order valence-electron chi connectivity index (χ3n) is 3.89. The Morgan fingerprint density at radius 1 is 1.04 bits per heavy atom. The van der Waals surface area contributed by atoms with E-state index >= 15 is 0 Å². The van der Waals surface area contributed by atoms with E-state index in [1.807, 2.05) is 36.5 Å². The Hall–Kier alpha value is -2.95. The van der Waals surface area contributed by atoms with E-state index in [1.165, 1.54) is 24.3 Å². The fourth-order valence-electron chi connectivity index (χ4n) is 2.68. The first-order valence-corrected chi connectivity index (χ1v) is 7.47. The first-order chi connectivity index (χ1) is 11.1. The summed E-state index contributed by atoms with van der Waals surface area (Å²) < 4.78 is 0. The maximum atomic E-state index is 12.6. The molecule has 1 aliphatic rings. The van der Waals surface area contributed by atoms with Crippen LogP contribution in [-0.4, -0.2) is 22.3 Å². The molecule has 0 bridgehead atoms. The SMILES string of the molecule is O=C(c1ccc([N+](=O)[O-])cc1)N1C=C(c2ccccc2)CCC1. The third kappa shape index (κ3) is 3.29. The third-order valence-corrected chi connectivity index (χ3v) is 3.89. The molecule has 0 aliphatic carbocycles. The smallest absolute Gasteiger partial charge is 0.269 e. The molecule has 0 unspecified atom stereocenters. The van der Waals surface area contributed by atoms with Crippen LogP contribution < -0.4 is 0 Å². The highest BCUT2D eigenvalue weighted by Gasteiger charge is 2.19. The Labute approximate surface area is 134 Å². The molecule has 0 N–H and O–H groups in total. The lowest BCUT2D eigenvalue weighted by molar-refractivity contribution is -0.384. The minimum absolute atomic E-state index is 0.0132. The number of amides is 1. The largest absolute Gasteiger partial charge is 0.315 e. The number of non-ortho nitro benzene ring substituents is 1. The van der Waals surface area contributed by atoms with Crippen molar-refractivity contribution >= 4 is 17.2 Å². The van der Waals surface area contributed by atoms with E-state index in [0.29, 0.717) is 12.1 Å². The molecule has 5 nitrogen and oxygen atoms in total. The normalized spacial score (nSPS) is 14.3. The van der Waals surface area contributed by atoms with Crippen molar-refractivity contribution in [1.82, 2.24) is 4.90 Å². The second-order valence-corrected chi connectivity index (χ2v) is 5.43. The summed E-state index contributed by atoms with van der Waals surface area (Å²) in [5.74, 6) is -0.131. The molecule has 0 aromatic heterocycles. The van der Waals surface area contributed by atoms with Gasteiger partial charge in [-0.15, -0.1) is 0 Å². The van der Waals surface area contributed by atoms with Crippen LogP contribution in [0.2, 0.25) is 0 Å². The maximum absolute atomic E-state index is 12.6. The van der Waals surface area contributed by atoms with Gasteiger partial charge < -0.3 is 4.90 Å². The zero-order valence-corrected chi connectivity index (χ0v) is 12.5. The molecule has 23 heavy (non-hydrogen) atoms. The van der Waals surface area contributed by atoms with Crippen LogP contribution in [0.25, 0.3) is 5.57 Å². The van der Waals surface area contributed by atoms with Crippen molar-refractivity contribution in [2.75, 3.05) is 6.54 Å². The lowest BCUT2D eigenvalue weighted by Gasteiger charge is -2.25. The second-order valence-electron chi connectivity index (χ2n) is 5.43. The summed E-state index contributed by atoms with van der Waals surface area (Å²) in [6.07, 6.45) is 3.73. The Bertz CT molecular complexity index is 752. The molecule has 0 atom stereocenters.